The summed E-state index contributed by atoms with van der Waals surface area (Å²) in [5.41, 5.74) is 1.98. The van der Waals surface area contributed by atoms with Crippen LogP contribution in [-0.4, -0.2) is 46.1 Å². The van der Waals surface area contributed by atoms with E-state index in [9.17, 15) is 0 Å². The van der Waals surface area contributed by atoms with Crippen LogP contribution in [0.2, 0.25) is 0 Å². The Labute approximate surface area is 154 Å². The number of hydrogen-bond donors (Lipinski definition) is 1. The number of thiophene rings is 1. The highest BCUT2D eigenvalue weighted by Gasteiger charge is 2.20. The molecule has 0 radical (unpaired) electrons. The second-order valence-corrected chi connectivity index (χ2v) is 7.33. The molecule has 1 saturated heterocycles. The van der Waals surface area contributed by atoms with Gasteiger partial charge in [0.05, 0.1) is 10.2 Å². The van der Waals surface area contributed by atoms with Crippen LogP contribution in [0.25, 0.3) is 31.8 Å². The van der Waals surface area contributed by atoms with Gasteiger partial charge in [0.15, 0.2) is 11.6 Å². The molecule has 0 bridgehead atoms. The quantitative estimate of drug-likeness (QED) is 0.591. The van der Waals surface area contributed by atoms with E-state index in [1.54, 1.807) is 23.7 Å². The Morgan fingerprint density at radius 3 is 2.85 bits per heavy atom. The molecule has 4 aromatic rings. The van der Waals surface area contributed by atoms with E-state index in [1.165, 1.54) is 0 Å². The maximum Gasteiger partial charge on any atom is 0.162 e. The van der Waals surface area contributed by atoms with Crippen LogP contribution in [0.3, 0.4) is 0 Å². The van der Waals surface area contributed by atoms with Crippen molar-refractivity contribution in [3.63, 3.8) is 0 Å². The van der Waals surface area contributed by atoms with Gasteiger partial charge < -0.3 is 10.2 Å². The molecule has 1 aliphatic heterocycles. The lowest BCUT2D eigenvalue weighted by atomic mass is 10.2. The fourth-order valence-corrected chi connectivity index (χ4v) is 4.47. The highest BCUT2D eigenvalue weighted by Crippen LogP contribution is 2.38. The van der Waals surface area contributed by atoms with E-state index in [2.05, 4.69) is 26.3 Å². The third kappa shape index (κ3) is 2.69. The summed E-state index contributed by atoms with van der Waals surface area (Å²) in [6.07, 6.45) is 6.51. The minimum Gasteiger partial charge on any atom is -0.354 e. The van der Waals surface area contributed by atoms with Crippen LogP contribution in [0.4, 0.5) is 5.82 Å². The van der Waals surface area contributed by atoms with Crippen molar-refractivity contribution in [2.75, 3.05) is 31.1 Å². The van der Waals surface area contributed by atoms with Crippen molar-refractivity contribution >= 4 is 37.6 Å². The standard InChI is InChI=1S/C19H18N6S/c1-3-14-15-16(26-19(14)22-7-1)18(25-11-2-6-20-10-12-25)24-17(23-15)13-4-8-21-9-5-13/h1,3-5,7-9,20H,2,6,10-12H2. The second-order valence-electron chi connectivity index (χ2n) is 6.33. The van der Waals surface area contributed by atoms with Crippen LogP contribution in [0.15, 0.2) is 42.9 Å². The normalized spacial score (nSPS) is 15.5. The zero-order valence-electron chi connectivity index (χ0n) is 14.2. The summed E-state index contributed by atoms with van der Waals surface area (Å²) in [4.78, 5) is 21.9. The summed E-state index contributed by atoms with van der Waals surface area (Å²) in [5, 5.41) is 4.56. The molecule has 0 aromatic carbocycles. The zero-order chi connectivity index (χ0) is 17.3. The van der Waals surface area contributed by atoms with Crippen molar-refractivity contribution in [1.82, 2.24) is 25.3 Å². The molecule has 0 amide bonds. The third-order valence-electron chi connectivity index (χ3n) is 4.65. The molecule has 0 saturated carbocycles. The monoisotopic (exact) mass is 362 g/mol. The molecular formula is C19H18N6S. The first-order valence-electron chi connectivity index (χ1n) is 8.81. The highest BCUT2D eigenvalue weighted by atomic mass is 32.1. The summed E-state index contributed by atoms with van der Waals surface area (Å²) in [7, 11) is 0. The Morgan fingerprint density at radius 2 is 1.92 bits per heavy atom. The molecule has 6 nitrogen and oxygen atoms in total. The van der Waals surface area contributed by atoms with E-state index in [1.807, 2.05) is 24.4 Å². The topological polar surface area (TPSA) is 66.8 Å². The molecule has 5 heterocycles. The third-order valence-corrected chi connectivity index (χ3v) is 5.75. The minimum absolute atomic E-state index is 0.746. The van der Waals surface area contributed by atoms with Gasteiger partial charge in [0.25, 0.3) is 0 Å². The average Bonchev–Trinajstić information content (AvgIpc) is 2.87. The summed E-state index contributed by atoms with van der Waals surface area (Å²) in [6.45, 7) is 3.97. The maximum atomic E-state index is 4.97. The van der Waals surface area contributed by atoms with Crippen LogP contribution >= 0.6 is 11.3 Å². The van der Waals surface area contributed by atoms with Gasteiger partial charge >= 0.3 is 0 Å². The molecule has 4 aromatic heterocycles. The number of nitrogens with zero attached hydrogens (tertiary/aromatic N) is 5. The summed E-state index contributed by atoms with van der Waals surface area (Å²) in [6, 6.07) is 7.99. The van der Waals surface area contributed by atoms with E-state index >= 15 is 0 Å². The molecule has 0 spiro atoms. The fraction of sp³-hybridized carbons (Fsp3) is 0.263. The first-order chi connectivity index (χ1) is 12.9. The van der Waals surface area contributed by atoms with Crippen molar-refractivity contribution in [3.05, 3.63) is 42.9 Å². The molecule has 130 valence electrons. The predicted molar refractivity (Wildman–Crippen MR) is 106 cm³/mol. The SMILES string of the molecule is c1cnc2sc3c(N4CCCNCC4)nc(-c4ccncc4)nc3c2c1. The van der Waals surface area contributed by atoms with E-state index in [0.717, 1.165) is 70.2 Å². The van der Waals surface area contributed by atoms with Crippen LogP contribution in [0.5, 0.6) is 0 Å². The zero-order valence-corrected chi connectivity index (χ0v) is 15.0. The molecule has 7 heteroatoms. The number of rotatable bonds is 2. The fourth-order valence-electron chi connectivity index (χ4n) is 3.37. The van der Waals surface area contributed by atoms with Gasteiger partial charge in [-0.05, 0) is 37.2 Å². The molecule has 0 unspecified atom stereocenters. The lowest BCUT2D eigenvalue weighted by Crippen LogP contribution is -2.28. The number of pyridine rings is 2. The molecule has 5 rings (SSSR count). The van der Waals surface area contributed by atoms with E-state index < -0.39 is 0 Å². The van der Waals surface area contributed by atoms with E-state index in [4.69, 9.17) is 9.97 Å². The van der Waals surface area contributed by atoms with Crippen LogP contribution in [-0.2, 0) is 0 Å². The Morgan fingerprint density at radius 1 is 1.00 bits per heavy atom. The van der Waals surface area contributed by atoms with Crippen molar-refractivity contribution in [2.24, 2.45) is 0 Å². The minimum atomic E-state index is 0.746. The van der Waals surface area contributed by atoms with Crippen LogP contribution < -0.4 is 10.2 Å². The Balaban J connectivity index is 1.77. The number of fused-ring (bicyclic) bond motifs is 3. The second kappa shape index (κ2) is 6.59. The van der Waals surface area contributed by atoms with Gasteiger partial charge in [0.2, 0.25) is 0 Å². The Bertz CT molecular complexity index is 1050. The number of anilines is 1. The van der Waals surface area contributed by atoms with Crippen molar-refractivity contribution < 1.29 is 0 Å². The summed E-state index contributed by atoms with van der Waals surface area (Å²) < 4.78 is 1.12. The molecule has 1 N–H and O–H groups in total. The van der Waals surface area contributed by atoms with Gasteiger partial charge in [0, 0.05) is 49.2 Å². The van der Waals surface area contributed by atoms with Gasteiger partial charge in [-0.3, -0.25) is 4.98 Å². The molecule has 1 aliphatic rings. The van der Waals surface area contributed by atoms with Crippen molar-refractivity contribution in [1.29, 1.82) is 0 Å². The van der Waals surface area contributed by atoms with Crippen molar-refractivity contribution in [2.45, 2.75) is 6.42 Å². The molecule has 0 aliphatic carbocycles. The first-order valence-corrected chi connectivity index (χ1v) is 9.63. The molecular weight excluding hydrogens is 344 g/mol. The van der Waals surface area contributed by atoms with Gasteiger partial charge in [-0.2, -0.15) is 0 Å². The van der Waals surface area contributed by atoms with Gasteiger partial charge in [-0.25, -0.2) is 15.0 Å². The van der Waals surface area contributed by atoms with Gasteiger partial charge in [-0.15, -0.1) is 11.3 Å². The van der Waals surface area contributed by atoms with Crippen molar-refractivity contribution in [3.8, 4) is 11.4 Å². The summed E-state index contributed by atoms with van der Waals surface area (Å²) in [5.74, 6) is 1.77. The smallest absolute Gasteiger partial charge is 0.162 e. The lowest BCUT2D eigenvalue weighted by molar-refractivity contribution is 0.724. The van der Waals surface area contributed by atoms with Gasteiger partial charge in [0.1, 0.15) is 4.83 Å². The number of hydrogen-bond acceptors (Lipinski definition) is 7. The molecule has 1 fully saturated rings. The Hall–Kier alpha value is -2.64. The predicted octanol–water partition coefficient (Wildman–Crippen LogP) is 3.10. The van der Waals surface area contributed by atoms with Crippen LogP contribution in [0.1, 0.15) is 6.42 Å². The number of aromatic nitrogens is 4. The molecule has 0 atom stereocenters. The highest BCUT2D eigenvalue weighted by molar-refractivity contribution is 7.25. The first kappa shape index (κ1) is 15.6. The molecule has 26 heavy (non-hydrogen) atoms. The maximum absolute atomic E-state index is 4.97. The van der Waals surface area contributed by atoms with E-state index in [-0.39, 0.29) is 0 Å². The average molecular weight is 362 g/mol. The largest absolute Gasteiger partial charge is 0.354 e. The van der Waals surface area contributed by atoms with Gasteiger partial charge in [-0.1, -0.05) is 0 Å². The van der Waals surface area contributed by atoms with Crippen LogP contribution in [0, 0.1) is 0 Å². The van der Waals surface area contributed by atoms with E-state index in [0.29, 0.717) is 0 Å². The summed E-state index contributed by atoms with van der Waals surface area (Å²) >= 11 is 1.68. The Kier molecular flexibility index (Phi) is 3.95. The number of nitrogens with one attached hydrogen (secondary N) is 1. The lowest BCUT2D eigenvalue weighted by Gasteiger charge is -2.22.